The van der Waals surface area contributed by atoms with Gasteiger partial charge in [-0.1, -0.05) is 30.3 Å². The van der Waals surface area contributed by atoms with E-state index in [0.29, 0.717) is 0 Å². The Morgan fingerprint density at radius 2 is 1.78 bits per heavy atom. The minimum absolute atomic E-state index is 0.0111. The van der Waals surface area contributed by atoms with Crippen molar-refractivity contribution in [3.8, 4) is 11.5 Å². The maximum Gasteiger partial charge on any atom is 0.417 e. The number of rotatable bonds is 5. The third-order valence-corrected chi connectivity index (χ3v) is 3.20. The van der Waals surface area contributed by atoms with Gasteiger partial charge in [0.15, 0.2) is 5.78 Å². The van der Waals surface area contributed by atoms with E-state index < -0.39 is 23.1 Å². The Morgan fingerprint density at radius 1 is 1.13 bits per heavy atom. The number of ketones is 1. The number of benzene rings is 2. The Hall–Kier alpha value is -2.50. The summed E-state index contributed by atoms with van der Waals surface area (Å²) in [4.78, 5) is 11.6. The van der Waals surface area contributed by atoms with Crippen LogP contribution in [0.25, 0.3) is 0 Å². The monoisotopic (exact) mass is 324 g/mol. The largest absolute Gasteiger partial charge is 0.496 e. The molecule has 2 rings (SSSR count). The molecule has 0 saturated heterocycles. The normalized spacial score (nSPS) is 11.2. The van der Waals surface area contributed by atoms with Gasteiger partial charge in [-0.25, -0.2) is 0 Å². The number of ether oxygens (including phenoxy) is 2. The first-order valence-electron chi connectivity index (χ1n) is 6.80. The smallest absolute Gasteiger partial charge is 0.417 e. The molecule has 0 N–H and O–H groups in total. The molecule has 0 fully saturated rings. The van der Waals surface area contributed by atoms with Crippen LogP contribution in [0.3, 0.4) is 0 Å². The van der Waals surface area contributed by atoms with E-state index in [0.717, 1.165) is 18.6 Å². The molecule has 122 valence electrons. The van der Waals surface area contributed by atoms with Gasteiger partial charge in [-0.3, -0.25) is 4.79 Å². The maximum absolute atomic E-state index is 13.2. The van der Waals surface area contributed by atoms with Gasteiger partial charge >= 0.3 is 6.18 Å². The molecule has 0 aliphatic rings. The lowest BCUT2D eigenvalue weighted by Gasteiger charge is -2.17. The lowest BCUT2D eigenvalue weighted by atomic mass is 10.0. The van der Waals surface area contributed by atoms with E-state index in [9.17, 15) is 18.0 Å². The molecule has 0 amide bonds. The minimum Gasteiger partial charge on any atom is -0.496 e. The van der Waals surface area contributed by atoms with Crippen LogP contribution in [0, 0.1) is 0 Å². The quantitative estimate of drug-likeness (QED) is 0.760. The molecule has 0 aromatic heterocycles. The van der Waals surface area contributed by atoms with Gasteiger partial charge in [-0.05, 0) is 18.6 Å². The van der Waals surface area contributed by atoms with E-state index in [2.05, 4.69) is 0 Å². The summed E-state index contributed by atoms with van der Waals surface area (Å²) in [7, 11) is 1.21. The van der Waals surface area contributed by atoms with Crippen LogP contribution in [-0.2, 0) is 12.8 Å². The van der Waals surface area contributed by atoms with Crippen LogP contribution in [-0.4, -0.2) is 12.9 Å². The number of hydrogen-bond acceptors (Lipinski definition) is 3. The second kappa shape index (κ2) is 6.73. The van der Waals surface area contributed by atoms with Crippen molar-refractivity contribution in [2.75, 3.05) is 7.11 Å². The van der Waals surface area contributed by atoms with Gasteiger partial charge in [0, 0.05) is 6.07 Å². The summed E-state index contributed by atoms with van der Waals surface area (Å²) in [5, 5.41) is 0. The Bertz CT molecular complexity index is 694. The number of carbonyl (C=O) groups excluding carboxylic acids is 1. The highest BCUT2D eigenvalue weighted by molar-refractivity contribution is 5.98. The Balaban J connectivity index is 2.39. The highest BCUT2D eigenvalue weighted by Crippen LogP contribution is 2.39. The molecule has 6 heteroatoms. The van der Waals surface area contributed by atoms with E-state index >= 15 is 0 Å². The number of hydrogen-bond donors (Lipinski definition) is 0. The summed E-state index contributed by atoms with van der Waals surface area (Å²) in [6, 6.07) is 11.1. The zero-order valence-corrected chi connectivity index (χ0v) is 12.6. The van der Waals surface area contributed by atoms with Crippen molar-refractivity contribution in [3.63, 3.8) is 0 Å². The molecule has 2 aromatic carbocycles. The van der Waals surface area contributed by atoms with E-state index in [1.807, 2.05) is 6.07 Å². The average Bonchev–Trinajstić information content (AvgIpc) is 2.51. The molecular weight excluding hydrogens is 309 g/mol. The topological polar surface area (TPSA) is 35.5 Å². The molecule has 2 aromatic rings. The van der Waals surface area contributed by atoms with Crippen LogP contribution in [0.4, 0.5) is 13.2 Å². The number of Topliss-reactive ketones (excluding diaryl/α,β-unsaturated/α-hetero) is 1. The van der Waals surface area contributed by atoms with Crippen LogP contribution in [0.5, 0.6) is 11.5 Å². The molecule has 0 saturated carbocycles. The Morgan fingerprint density at radius 3 is 2.30 bits per heavy atom. The Kier molecular flexibility index (Phi) is 4.93. The predicted molar refractivity (Wildman–Crippen MR) is 78.8 cm³/mol. The zero-order valence-electron chi connectivity index (χ0n) is 12.6. The molecular formula is C17H15F3O3. The highest BCUT2D eigenvalue weighted by Gasteiger charge is 2.37. The van der Waals surface area contributed by atoms with Crippen molar-refractivity contribution in [3.05, 3.63) is 59.2 Å². The second-order valence-electron chi connectivity index (χ2n) is 4.88. The van der Waals surface area contributed by atoms with Crippen LogP contribution in [0.1, 0.15) is 28.4 Å². The molecule has 0 bridgehead atoms. The SMILES string of the molecule is COc1cc(OCc2ccccc2)cc(C(F)(F)F)c1C(C)=O. The third kappa shape index (κ3) is 4.03. The number of carbonyl (C=O) groups is 1. The van der Waals surface area contributed by atoms with Crippen molar-refractivity contribution in [1.29, 1.82) is 0 Å². The molecule has 0 radical (unpaired) electrons. The van der Waals surface area contributed by atoms with E-state index in [-0.39, 0.29) is 18.1 Å². The fourth-order valence-corrected chi connectivity index (χ4v) is 2.16. The van der Waals surface area contributed by atoms with Crippen molar-refractivity contribution in [2.24, 2.45) is 0 Å². The van der Waals surface area contributed by atoms with Crippen LogP contribution < -0.4 is 9.47 Å². The van der Waals surface area contributed by atoms with Crippen molar-refractivity contribution < 1.29 is 27.4 Å². The highest BCUT2D eigenvalue weighted by atomic mass is 19.4. The van der Waals surface area contributed by atoms with Gasteiger partial charge < -0.3 is 9.47 Å². The molecule has 23 heavy (non-hydrogen) atoms. The summed E-state index contributed by atoms with van der Waals surface area (Å²) in [5.41, 5.74) is -0.741. The average molecular weight is 324 g/mol. The molecule has 0 aliphatic carbocycles. The summed E-state index contributed by atoms with van der Waals surface area (Å²) < 4.78 is 50.0. The van der Waals surface area contributed by atoms with Gasteiger partial charge in [0.05, 0.1) is 18.2 Å². The molecule has 0 atom stereocenters. The van der Waals surface area contributed by atoms with Crippen molar-refractivity contribution in [1.82, 2.24) is 0 Å². The molecule has 0 unspecified atom stereocenters. The summed E-state index contributed by atoms with van der Waals surface area (Å²) in [5.74, 6) is -0.887. The number of methoxy groups -OCH3 is 1. The van der Waals surface area contributed by atoms with E-state index in [1.165, 1.54) is 13.2 Å². The zero-order chi connectivity index (χ0) is 17.0. The number of halogens is 3. The van der Waals surface area contributed by atoms with Crippen molar-refractivity contribution >= 4 is 5.78 Å². The van der Waals surface area contributed by atoms with Gasteiger partial charge in [0.1, 0.15) is 18.1 Å². The molecule has 0 spiro atoms. The van der Waals surface area contributed by atoms with Gasteiger partial charge in [-0.15, -0.1) is 0 Å². The lowest BCUT2D eigenvalue weighted by molar-refractivity contribution is -0.138. The summed E-state index contributed by atoms with van der Waals surface area (Å²) >= 11 is 0. The fourth-order valence-electron chi connectivity index (χ4n) is 2.16. The van der Waals surface area contributed by atoms with E-state index in [4.69, 9.17) is 9.47 Å². The van der Waals surface area contributed by atoms with Gasteiger partial charge in [0.2, 0.25) is 0 Å². The van der Waals surface area contributed by atoms with Gasteiger partial charge in [-0.2, -0.15) is 13.2 Å². The first kappa shape index (κ1) is 16.9. The second-order valence-corrected chi connectivity index (χ2v) is 4.88. The number of alkyl halides is 3. The van der Waals surface area contributed by atoms with Crippen LogP contribution in [0.15, 0.2) is 42.5 Å². The standard InChI is InChI=1S/C17H15F3O3/c1-11(21)16-14(17(18,19)20)8-13(9-15(16)22-2)23-10-12-6-4-3-5-7-12/h3-9H,10H2,1-2H3. The molecule has 0 aliphatic heterocycles. The first-order valence-corrected chi connectivity index (χ1v) is 6.80. The van der Waals surface area contributed by atoms with E-state index in [1.54, 1.807) is 24.3 Å². The predicted octanol–water partition coefficient (Wildman–Crippen LogP) is 4.50. The van der Waals surface area contributed by atoms with Gasteiger partial charge in [0.25, 0.3) is 0 Å². The fraction of sp³-hybridized carbons (Fsp3) is 0.235. The molecule has 3 nitrogen and oxygen atoms in total. The summed E-state index contributed by atoms with van der Waals surface area (Å²) in [6.07, 6.45) is -4.68. The Labute approximate surface area is 131 Å². The van der Waals surface area contributed by atoms with Crippen molar-refractivity contribution in [2.45, 2.75) is 19.7 Å². The maximum atomic E-state index is 13.2. The van der Waals surface area contributed by atoms with Crippen LogP contribution in [0.2, 0.25) is 0 Å². The third-order valence-electron chi connectivity index (χ3n) is 3.20. The minimum atomic E-state index is -4.68. The first-order chi connectivity index (χ1) is 10.8. The summed E-state index contributed by atoms with van der Waals surface area (Å²) in [6.45, 7) is 1.18. The van der Waals surface area contributed by atoms with Crippen LogP contribution >= 0.6 is 0 Å². The molecule has 0 heterocycles. The lowest BCUT2D eigenvalue weighted by Crippen LogP contribution is -2.13.